The summed E-state index contributed by atoms with van der Waals surface area (Å²) in [5.41, 5.74) is 0. The molecule has 0 aromatic rings. The van der Waals surface area contributed by atoms with Gasteiger partial charge in [0.05, 0.1) is 6.61 Å². The Morgan fingerprint density at radius 3 is 2.43 bits per heavy atom. The zero-order valence-corrected chi connectivity index (χ0v) is 12.3. The lowest BCUT2D eigenvalue weighted by Crippen LogP contribution is -2.54. The van der Waals surface area contributed by atoms with Crippen LogP contribution in [0.5, 0.6) is 0 Å². The van der Waals surface area contributed by atoms with Crippen molar-refractivity contribution in [3.05, 3.63) is 0 Å². The lowest BCUT2D eigenvalue weighted by molar-refractivity contribution is -0.142. The fourth-order valence-corrected chi connectivity index (χ4v) is 4.22. The predicted octanol–water partition coefficient (Wildman–Crippen LogP) is 1.14. The molecule has 0 aromatic heterocycles. The first kappa shape index (κ1) is 14.6. The van der Waals surface area contributed by atoms with Crippen LogP contribution in [-0.2, 0) is 4.79 Å². The van der Waals surface area contributed by atoms with Crippen LogP contribution >= 0.6 is 0 Å². The molecule has 118 valence electrons. The van der Waals surface area contributed by atoms with E-state index in [0.29, 0.717) is 19.0 Å². The second-order valence-electron chi connectivity index (χ2n) is 6.57. The highest BCUT2D eigenvalue weighted by Crippen LogP contribution is 2.43. The molecule has 6 nitrogen and oxygen atoms in total. The van der Waals surface area contributed by atoms with Crippen LogP contribution in [0.2, 0.25) is 0 Å². The highest BCUT2D eigenvalue weighted by Gasteiger charge is 2.50. The Kier molecular flexibility index (Phi) is 4.06. The van der Waals surface area contributed by atoms with Gasteiger partial charge in [-0.25, -0.2) is 9.59 Å². The Morgan fingerprint density at radius 2 is 1.86 bits per heavy atom. The number of hydrogen-bond donors (Lipinski definition) is 2. The number of hydrogen-bond acceptors (Lipinski definition) is 3. The summed E-state index contributed by atoms with van der Waals surface area (Å²) in [6.07, 6.45) is 6.04. The number of carbonyl (C=O) groups excluding carboxylic acids is 1. The summed E-state index contributed by atoms with van der Waals surface area (Å²) in [6.45, 7) is 0.803. The number of aliphatic hydroxyl groups is 1. The fraction of sp³-hybridized carbons (Fsp3) is 0.867. The third-order valence-electron chi connectivity index (χ3n) is 5.49. The highest BCUT2D eigenvalue weighted by molar-refractivity contribution is 5.84. The van der Waals surface area contributed by atoms with Gasteiger partial charge in [0.1, 0.15) is 6.04 Å². The molecule has 2 saturated carbocycles. The minimum atomic E-state index is -0.879. The Labute approximate surface area is 124 Å². The van der Waals surface area contributed by atoms with E-state index in [1.165, 1.54) is 0 Å². The van der Waals surface area contributed by atoms with Crippen LogP contribution < -0.4 is 0 Å². The van der Waals surface area contributed by atoms with Crippen molar-refractivity contribution in [1.29, 1.82) is 0 Å². The molecule has 2 aliphatic carbocycles. The molecule has 1 aliphatic heterocycles. The number of rotatable bonds is 4. The lowest BCUT2D eigenvalue weighted by Gasteiger charge is -2.40. The summed E-state index contributed by atoms with van der Waals surface area (Å²) < 4.78 is 0. The zero-order valence-electron chi connectivity index (χ0n) is 12.3. The first-order valence-electron chi connectivity index (χ1n) is 8.04. The van der Waals surface area contributed by atoms with Crippen molar-refractivity contribution in [2.45, 2.75) is 50.6 Å². The Hall–Kier alpha value is -1.30. The van der Waals surface area contributed by atoms with Crippen molar-refractivity contribution in [2.24, 2.45) is 11.8 Å². The average molecular weight is 296 g/mol. The quantitative estimate of drug-likeness (QED) is 0.815. The monoisotopic (exact) mass is 296 g/mol. The van der Waals surface area contributed by atoms with Crippen LogP contribution in [0, 0.1) is 11.8 Å². The van der Waals surface area contributed by atoms with E-state index in [1.54, 1.807) is 9.80 Å². The van der Waals surface area contributed by atoms with Gasteiger partial charge in [-0.1, -0.05) is 6.42 Å². The molecule has 3 rings (SSSR count). The second kappa shape index (κ2) is 5.83. The second-order valence-corrected chi connectivity index (χ2v) is 6.57. The summed E-state index contributed by atoms with van der Waals surface area (Å²) in [5.74, 6) is -0.424. The van der Waals surface area contributed by atoms with Crippen LogP contribution in [0.15, 0.2) is 0 Å². The number of urea groups is 1. The molecular weight excluding hydrogens is 272 g/mol. The molecular formula is C15H24N2O4. The molecule has 3 unspecified atom stereocenters. The molecule has 6 heteroatoms. The number of fused-ring (bicyclic) bond motifs is 1. The van der Waals surface area contributed by atoms with Gasteiger partial charge in [-0.2, -0.15) is 0 Å². The number of aliphatic hydroxyl groups excluding tert-OH is 1. The number of nitrogens with zero attached hydrogens (tertiary/aromatic N) is 2. The SMILES string of the molecule is O=C(O)C1C2CCCC2CN1C(=O)N(CCO)C1CCC1. The maximum atomic E-state index is 12.8. The highest BCUT2D eigenvalue weighted by atomic mass is 16.4. The van der Waals surface area contributed by atoms with Crippen molar-refractivity contribution in [2.75, 3.05) is 19.7 Å². The fourth-order valence-electron chi connectivity index (χ4n) is 4.22. The molecule has 3 fully saturated rings. The molecule has 3 aliphatic rings. The number of amides is 2. The molecule has 0 aromatic carbocycles. The van der Waals surface area contributed by atoms with Crippen molar-refractivity contribution in [3.63, 3.8) is 0 Å². The van der Waals surface area contributed by atoms with Gasteiger partial charge >= 0.3 is 12.0 Å². The minimum absolute atomic E-state index is 0.0688. The zero-order chi connectivity index (χ0) is 15.0. The van der Waals surface area contributed by atoms with E-state index in [2.05, 4.69) is 0 Å². The average Bonchev–Trinajstić information content (AvgIpc) is 2.94. The normalized spacial score (nSPS) is 31.9. The number of carboxylic acids is 1. The molecule has 3 atom stereocenters. The first-order valence-corrected chi connectivity index (χ1v) is 8.04. The van der Waals surface area contributed by atoms with Crippen molar-refractivity contribution in [3.8, 4) is 0 Å². The van der Waals surface area contributed by atoms with Crippen molar-refractivity contribution < 1.29 is 19.8 Å². The molecule has 1 heterocycles. The van der Waals surface area contributed by atoms with Crippen LogP contribution in [0.1, 0.15) is 38.5 Å². The van der Waals surface area contributed by atoms with Gasteiger partial charge in [-0.3, -0.25) is 0 Å². The van der Waals surface area contributed by atoms with E-state index in [-0.39, 0.29) is 24.6 Å². The van der Waals surface area contributed by atoms with Gasteiger partial charge in [0.25, 0.3) is 0 Å². The van der Waals surface area contributed by atoms with E-state index in [0.717, 1.165) is 38.5 Å². The summed E-state index contributed by atoms with van der Waals surface area (Å²) in [6, 6.07) is -0.679. The number of likely N-dealkylation sites (tertiary alicyclic amines) is 1. The molecule has 0 radical (unpaired) electrons. The summed E-state index contributed by atoms with van der Waals surface area (Å²) in [7, 11) is 0. The van der Waals surface area contributed by atoms with Gasteiger partial charge < -0.3 is 20.0 Å². The van der Waals surface area contributed by atoms with Crippen molar-refractivity contribution >= 4 is 12.0 Å². The van der Waals surface area contributed by atoms with Crippen molar-refractivity contribution in [1.82, 2.24) is 9.80 Å². The maximum absolute atomic E-state index is 12.8. The van der Waals surface area contributed by atoms with Crippen LogP contribution in [-0.4, -0.2) is 63.8 Å². The number of carboxylic acid groups (broad SMARTS) is 1. The number of aliphatic carboxylic acids is 1. The van der Waals surface area contributed by atoms with E-state index in [4.69, 9.17) is 0 Å². The third-order valence-corrected chi connectivity index (χ3v) is 5.49. The van der Waals surface area contributed by atoms with E-state index in [9.17, 15) is 19.8 Å². The molecule has 2 N–H and O–H groups in total. The standard InChI is InChI=1S/C15H24N2O4/c18-8-7-16(11-4-2-5-11)15(21)17-9-10-3-1-6-12(10)13(17)14(19)20/h10-13,18H,1-9H2,(H,19,20). The molecule has 21 heavy (non-hydrogen) atoms. The summed E-state index contributed by atoms with van der Waals surface area (Å²) in [5, 5.41) is 18.7. The summed E-state index contributed by atoms with van der Waals surface area (Å²) >= 11 is 0. The Balaban J connectivity index is 1.76. The predicted molar refractivity (Wildman–Crippen MR) is 75.8 cm³/mol. The van der Waals surface area contributed by atoms with Gasteiger partial charge in [0.2, 0.25) is 0 Å². The number of carbonyl (C=O) groups is 2. The smallest absolute Gasteiger partial charge is 0.326 e. The molecule has 0 bridgehead atoms. The maximum Gasteiger partial charge on any atom is 0.326 e. The van der Waals surface area contributed by atoms with Gasteiger partial charge in [0, 0.05) is 19.1 Å². The Bertz CT molecular complexity index is 424. The lowest BCUT2D eigenvalue weighted by atomic mass is 9.91. The minimum Gasteiger partial charge on any atom is -0.480 e. The van der Waals surface area contributed by atoms with E-state index < -0.39 is 12.0 Å². The summed E-state index contributed by atoms with van der Waals surface area (Å²) in [4.78, 5) is 27.7. The van der Waals surface area contributed by atoms with Gasteiger partial charge in [-0.05, 0) is 43.9 Å². The molecule has 1 saturated heterocycles. The van der Waals surface area contributed by atoms with Crippen LogP contribution in [0.25, 0.3) is 0 Å². The largest absolute Gasteiger partial charge is 0.480 e. The topological polar surface area (TPSA) is 81.1 Å². The first-order chi connectivity index (χ1) is 10.1. The third kappa shape index (κ3) is 2.50. The van der Waals surface area contributed by atoms with Crippen LogP contribution in [0.3, 0.4) is 0 Å². The van der Waals surface area contributed by atoms with E-state index >= 15 is 0 Å². The van der Waals surface area contributed by atoms with Gasteiger partial charge in [-0.15, -0.1) is 0 Å². The van der Waals surface area contributed by atoms with E-state index in [1.807, 2.05) is 0 Å². The van der Waals surface area contributed by atoms with Crippen LogP contribution in [0.4, 0.5) is 4.79 Å². The molecule has 0 spiro atoms. The van der Waals surface area contributed by atoms with Gasteiger partial charge in [0.15, 0.2) is 0 Å². The molecule has 2 amide bonds. The Morgan fingerprint density at radius 1 is 1.14 bits per heavy atom.